The molecule has 0 heterocycles. The van der Waals surface area contributed by atoms with Crippen LogP contribution >= 0.6 is 0 Å². The minimum Gasteiger partial charge on any atom is -0.546 e. The van der Waals surface area contributed by atoms with Crippen molar-refractivity contribution < 1.29 is 434 Å². The van der Waals surface area contributed by atoms with E-state index in [0.29, 0.717) is 0 Å². The molecule has 0 aliphatic rings. The van der Waals surface area contributed by atoms with Crippen LogP contribution in [0.4, 0.5) is 408 Å². The monoisotopic (exact) mass is 2470 g/mol. The Balaban J connectivity index is 9.85. The molecule has 100 heteroatoms. The highest BCUT2D eigenvalue weighted by Crippen LogP contribution is 2.77. The van der Waals surface area contributed by atoms with Gasteiger partial charge in [-0.1, -0.05) is 0 Å². The maximum Gasteiger partial charge on any atom is 1.20 e. The van der Waals surface area contributed by atoms with E-state index in [2.05, 4.69) is 0 Å². The van der Waals surface area contributed by atoms with Gasteiger partial charge in [0.25, 0.3) is 0 Å². The van der Waals surface area contributed by atoms with Gasteiger partial charge in [0.2, 0.25) is 0 Å². The molecule has 882 valence electrons. The lowest BCUT2D eigenvalue weighted by Gasteiger charge is -2.46. The normalized spacial score (nSPS) is 17.2. The average Bonchev–Trinajstić information content (AvgIpc) is 0.677. The van der Waals surface area contributed by atoms with Gasteiger partial charge >= 0.3 is 300 Å². The van der Waals surface area contributed by atoms with Crippen LogP contribution in [0.3, 0.4) is 0 Å². The van der Waals surface area contributed by atoms with Crippen molar-refractivity contribution in [2.75, 3.05) is 0 Å². The van der Waals surface area contributed by atoms with Gasteiger partial charge in [-0.05, 0) is 0 Å². The molecule has 0 aliphatic carbocycles. The summed E-state index contributed by atoms with van der Waals surface area (Å²) in [5.74, 6) is -477. The van der Waals surface area contributed by atoms with Crippen LogP contribution in [0.1, 0.15) is 0 Å². The largest absolute Gasteiger partial charge is 1.20 e. The number of halogens is 93. The maximum absolute atomic E-state index is 15.0. The third kappa shape index (κ3) is 16.3. The van der Waals surface area contributed by atoms with Gasteiger partial charge in [-0.25, -0.2) is 14.4 Å². The van der Waals surface area contributed by atoms with E-state index in [-0.39, 0.29) is 0 Å². The first-order chi connectivity index (χ1) is 62.0. The van der Waals surface area contributed by atoms with Crippen molar-refractivity contribution in [2.45, 2.75) is 267 Å². The van der Waals surface area contributed by atoms with Crippen molar-refractivity contribution in [3.63, 3.8) is 0 Å². The zero-order valence-electron chi connectivity index (χ0n) is 62.2. The fraction of sp³-hybridized carbons (Fsp3) is 0.938. The molecule has 0 spiro atoms. The lowest BCUT2D eigenvalue weighted by molar-refractivity contribution is -0.489. The number of rotatable bonds is 45. The fourth-order valence-corrected chi connectivity index (χ4v) is 9.69. The summed E-state index contributed by atoms with van der Waals surface area (Å²) in [6.07, 6.45) is -26.8. The van der Waals surface area contributed by atoms with E-state index < -0.39 is 300 Å². The van der Waals surface area contributed by atoms with Crippen molar-refractivity contribution in [3.05, 3.63) is 0 Å². The van der Waals surface area contributed by atoms with E-state index in [1.54, 1.807) is 0 Å². The van der Waals surface area contributed by atoms with Gasteiger partial charge in [-0.2, -0.15) is 408 Å². The SMILES string of the molecule is O=C([O][Al]([O]C(=O)C(F)(F)C(F)(F)C(F)(F)C(F)(F)C(F)(F)C(F)(F)C(F)(F)C(F)(F)C(F)(F)C(F)(F)C(F)(F)C(F)(F)C(F)(F)C(F)(F)C(F)(F)F)[O]C(=O)C(F)(F)C(F)(F)C(F)(F)C(F)(F)C(F)(F)C(F)(F)C(F)(F)C(F)(F)C(F)(F)C(F)(F)C(F)(F)C(F)(F)C(F)(F)C(F)(F)C(F)(F)F)C(F)(F)C(F)(F)C(F)(F)C(F)(F)C(F)(F)C(F)(F)C(F)(F)C(F)(F)C(F)(F)C(F)(F)C(F)(F)C(F)(F)C(F)(F)C(F)(F)C(F)(F)F. The van der Waals surface area contributed by atoms with E-state index in [9.17, 15) is 396 Å². The molecule has 0 fully saturated rings. The summed E-state index contributed by atoms with van der Waals surface area (Å²) < 4.78 is 1320. The second-order valence-corrected chi connectivity index (χ2v) is 28.4. The zero-order chi connectivity index (χ0) is 123. The Kier molecular flexibility index (Phi) is 32.9. The molecular weight excluding hydrogens is 2470 g/mol. The third-order valence-electron chi connectivity index (χ3n) is 17.8. The fourth-order valence-electron chi connectivity index (χ4n) is 8.57. The minimum absolute atomic E-state index is 1.23. The lowest BCUT2D eigenvalue weighted by atomic mass is 9.83. The van der Waals surface area contributed by atoms with Crippen LogP contribution in [-0.4, -0.2) is 300 Å². The molecule has 0 aromatic rings. The molecule has 0 N–H and O–H groups in total. The Morgan fingerprint density at radius 1 is 0.0946 bits per heavy atom. The van der Waals surface area contributed by atoms with Crippen molar-refractivity contribution in [1.82, 2.24) is 0 Å². The van der Waals surface area contributed by atoms with Gasteiger partial charge in [0, 0.05) is 0 Å². The Bertz CT molecular complexity index is 4320. The van der Waals surface area contributed by atoms with Gasteiger partial charge in [-0.3, -0.25) is 0 Å². The van der Waals surface area contributed by atoms with Gasteiger partial charge in [0.15, 0.2) is 0 Å². The molecule has 0 atom stereocenters. The quantitative estimate of drug-likeness (QED) is 0.0447. The second kappa shape index (κ2) is 34.7. The molecular formula is C48AlF93O6. The summed E-state index contributed by atoms with van der Waals surface area (Å²) in [6.45, 7) is 0. The number of hydrogen-bond acceptors (Lipinski definition) is 6. The molecule has 6 nitrogen and oxygen atoms in total. The van der Waals surface area contributed by atoms with E-state index in [0.717, 1.165) is 0 Å². The number of carbonyl (C=O) groups is 3. The van der Waals surface area contributed by atoms with Gasteiger partial charge < -0.3 is 11.4 Å². The van der Waals surface area contributed by atoms with E-state index >= 15 is 26.3 Å². The molecule has 0 aromatic carbocycles. The smallest absolute Gasteiger partial charge is 0.546 e. The van der Waals surface area contributed by atoms with Gasteiger partial charge in [0.1, 0.15) is 0 Å². The van der Waals surface area contributed by atoms with Crippen LogP contribution in [0.5, 0.6) is 0 Å². The van der Waals surface area contributed by atoms with Crippen LogP contribution in [-0.2, 0) is 25.7 Å². The first kappa shape index (κ1) is 140. The highest BCUT2D eigenvalue weighted by Gasteiger charge is 3.08. The molecule has 0 saturated heterocycles. The summed E-state index contributed by atoms with van der Waals surface area (Å²) in [5, 5.41) is 0. The molecule has 0 amide bonds. The summed E-state index contributed by atoms with van der Waals surface area (Å²) in [7, 11) is 0. The van der Waals surface area contributed by atoms with Crippen molar-refractivity contribution >= 4 is 33.1 Å². The van der Waals surface area contributed by atoms with E-state index in [4.69, 9.17) is 0 Å². The van der Waals surface area contributed by atoms with E-state index in [1.807, 2.05) is 0 Å². The third-order valence-corrected chi connectivity index (χ3v) is 19.0. The maximum atomic E-state index is 15.0. The summed E-state index contributed by atoms with van der Waals surface area (Å²) >= 11 is -10.5. The number of carbonyl (C=O) groups excluding carboxylic acids is 3. The Labute approximate surface area is 735 Å². The van der Waals surface area contributed by atoms with Gasteiger partial charge in [-0.15, -0.1) is 0 Å². The standard InChI is InChI=1S/3C16HF31O2.Al/c3*17-2(18,1(48)49)3(19,20)4(21,22)5(23,24)6(25,26)7(27,28)8(29,30)9(31,32)10(33,34)11(35,36)12(37,38)13(39,40)14(41,42)15(43,44)16(45,46)47;/h3*(H,48,49);/q;;;+3/p-3. The summed E-state index contributed by atoms with van der Waals surface area (Å²) in [6, 6.07) is 0. The zero-order valence-corrected chi connectivity index (χ0v) is 63.3. The van der Waals surface area contributed by atoms with Crippen molar-refractivity contribution in [2.24, 2.45) is 0 Å². The average molecular weight is 2470 g/mol. The van der Waals surface area contributed by atoms with Crippen molar-refractivity contribution in [1.29, 1.82) is 0 Å². The Hall–Kier alpha value is -7.57. The topological polar surface area (TPSA) is 78.9 Å². The highest BCUT2D eigenvalue weighted by molar-refractivity contribution is 6.44. The van der Waals surface area contributed by atoms with Gasteiger partial charge in [0.05, 0.1) is 0 Å². The molecule has 0 unspecified atom stereocenters. The molecule has 0 saturated carbocycles. The van der Waals surface area contributed by atoms with Crippen LogP contribution in [0, 0.1) is 0 Å². The first-order valence-electron chi connectivity index (χ1n) is 30.8. The Morgan fingerprint density at radius 3 is 0.209 bits per heavy atom. The predicted octanol–water partition coefficient (Wildman–Crippen LogP) is 28.0. The second-order valence-electron chi connectivity index (χ2n) is 27.1. The molecule has 0 radical (unpaired) electrons. The van der Waals surface area contributed by atoms with Crippen LogP contribution < -0.4 is 0 Å². The minimum atomic E-state index is -11.4. The molecule has 148 heavy (non-hydrogen) atoms. The molecule has 0 bridgehead atoms. The van der Waals surface area contributed by atoms with Crippen molar-refractivity contribution in [3.8, 4) is 0 Å². The molecule has 0 rings (SSSR count). The lowest BCUT2D eigenvalue weighted by Crippen LogP contribution is -2.79. The highest BCUT2D eigenvalue weighted by atomic mass is 27.3. The van der Waals surface area contributed by atoms with Crippen LogP contribution in [0.15, 0.2) is 0 Å². The van der Waals surface area contributed by atoms with Crippen LogP contribution in [0.25, 0.3) is 0 Å². The first-order valence-corrected chi connectivity index (χ1v) is 32.2. The predicted molar refractivity (Wildman–Crippen MR) is 250 cm³/mol. The number of hydrogen-bond donors (Lipinski definition) is 0. The Morgan fingerprint density at radius 2 is 0.149 bits per heavy atom. The summed E-state index contributed by atoms with van der Waals surface area (Å²) in [5.41, 5.74) is 0. The molecule has 0 aromatic heterocycles. The molecule has 0 aliphatic heterocycles. The summed E-state index contributed by atoms with van der Waals surface area (Å²) in [4.78, 5) is 36.1. The van der Waals surface area contributed by atoms with Crippen LogP contribution in [0.2, 0.25) is 0 Å². The van der Waals surface area contributed by atoms with E-state index in [1.165, 1.54) is 11.4 Å². The number of alkyl halides is 93.